The summed E-state index contributed by atoms with van der Waals surface area (Å²) >= 11 is 0. The Morgan fingerprint density at radius 2 is 1.82 bits per heavy atom. The fourth-order valence-corrected chi connectivity index (χ4v) is 4.41. The molecule has 1 fully saturated rings. The minimum atomic E-state index is -0.272. The van der Waals surface area contributed by atoms with Gasteiger partial charge in [0.15, 0.2) is 0 Å². The van der Waals surface area contributed by atoms with E-state index >= 15 is 0 Å². The maximum atomic E-state index is 11.8. The lowest BCUT2D eigenvalue weighted by molar-refractivity contribution is -0.125. The number of carbonyl (C=O) groups excluding carboxylic acids is 1. The van der Waals surface area contributed by atoms with Crippen molar-refractivity contribution in [2.24, 2.45) is 7.05 Å². The highest BCUT2D eigenvalue weighted by Crippen LogP contribution is 2.33. The summed E-state index contributed by atoms with van der Waals surface area (Å²) in [5.74, 6) is 2.79. The second kappa shape index (κ2) is 8.38. The van der Waals surface area contributed by atoms with E-state index in [1.165, 1.54) is 0 Å². The van der Waals surface area contributed by atoms with Crippen LogP contribution in [-0.4, -0.2) is 61.4 Å². The average Bonchev–Trinajstić information content (AvgIpc) is 3.49. The number of aryl methyl sites for hydroxylation is 2. The van der Waals surface area contributed by atoms with E-state index in [1.807, 2.05) is 32.6 Å². The molecule has 0 unspecified atom stereocenters. The summed E-state index contributed by atoms with van der Waals surface area (Å²) < 4.78 is 3.49. The van der Waals surface area contributed by atoms with Gasteiger partial charge in [-0.15, -0.1) is 6.42 Å². The molecule has 5 rings (SSSR count). The van der Waals surface area contributed by atoms with Gasteiger partial charge in [0, 0.05) is 74.1 Å². The molecular weight excluding hydrogens is 428 g/mol. The second-order valence-electron chi connectivity index (χ2n) is 8.30. The summed E-state index contributed by atoms with van der Waals surface area (Å²) in [7, 11) is 1.87. The molecule has 0 bridgehead atoms. The standard InChI is InChI=1S/C25H22N8O/c1-4-23(34)31-5-7-32(8-6-31)25-17(2)9-18(12-27-25)22-10-19(21-14-28-30(3)15-21)16-33-24(22)20(11-26)13-29-33/h1,9-10,12-16H,5-8H2,2-3H3. The van der Waals surface area contributed by atoms with E-state index in [1.54, 1.807) is 26.5 Å². The third-order valence-corrected chi connectivity index (χ3v) is 6.12. The van der Waals surface area contributed by atoms with Gasteiger partial charge < -0.3 is 9.80 Å². The smallest absolute Gasteiger partial charge is 0.298 e. The number of pyridine rings is 2. The Morgan fingerprint density at radius 1 is 1.03 bits per heavy atom. The maximum Gasteiger partial charge on any atom is 0.298 e. The number of nitriles is 1. The van der Waals surface area contributed by atoms with E-state index in [0.717, 1.165) is 39.2 Å². The number of nitrogens with zero attached hydrogens (tertiary/aromatic N) is 8. The molecule has 1 saturated heterocycles. The molecule has 9 nitrogen and oxygen atoms in total. The molecule has 1 aliphatic heterocycles. The summed E-state index contributed by atoms with van der Waals surface area (Å²) in [4.78, 5) is 20.4. The molecule has 4 aromatic heterocycles. The monoisotopic (exact) mass is 450 g/mol. The molecule has 9 heteroatoms. The Morgan fingerprint density at radius 3 is 2.47 bits per heavy atom. The quantitative estimate of drug-likeness (QED) is 0.445. The molecule has 0 aromatic carbocycles. The van der Waals surface area contributed by atoms with Gasteiger partial charge in [-0.2, -0.15) is 15.5 Å². The predicted octanol–water partition coefficient (Wildman–Crippen LogP) is 2.26. The number of piperazine rings is 1. The topological polar surface area (TPSA) is 95.3 Å². The van der Waals surface area contributed by atoms with E-state index < -0.39 is 0 Å². The van der Waals surface area contributed by atoms with Crippen molar-refractivity contribution in [2.45, 2.75) is 6.92 Å². The Hall–Kier alpha value is -4.63. The van der Waals surface area contributed by atoms with Crippen LogP contribution in [0.4, 0.5) is 5.82 Å². The zero-order valence-electron chi connectivity index (χ0n) is 18.9. The SMILES string of the molecule is C#CC(=O)N1CCN(c2ncc(-c3cc(-c4cnn(C)c4)cn4ncc(C#N)c34)cc2C)CC1. The third-order valence-electron chi connectivity index (χ3n) is 6.12. The first-order valence-corrected chi connectivity index (χ1v) is 10.9. The largest absolute Gasteiger partial charge is 0.353 e. The highest BCUT2D eigenvalue weighted by Gasteiger charge is 2.22. The number of hydrogen-bond donors (Lipinski definition) is 0. The van der Waals surface area contributed by atoms with Gasteiger partial charge >= 0.3 is 0 Å². The first kappa shape index (κ1) is 21.2. The van der Waals surface area contributed by atoms with E-state index in [4.69, 9.17) is 11.4 Å². The highest BCUT2D eigenvalue weighted by atomic mass is 16.2. The molecule has 0 saturated carbocycles. The maximum absolute atomic E-state index is 11.8. The summed E-state index contributed by atoms with van der Waals surface area (Å²) in [6.07, 6.45) is 14.3. The number of terminal acetylenes is 1. The predicted molar refractivity (Wildman–Crippen MR) is 128 cm³/mol. The summed E-state index contributed by atoms with van der Waals surface area (Å²) in [6.45, 7) is 4.50. The van der Waals surface area contributed by atoms with Gasteiger partial charge in [-0.3, -0.25) is 9.48 Å². The van der Waals surface area contributed by atoms with Crippen LogP contribution in [0.2, 0.25) is 0 Å². The van der Waals surface area contributed by atoms with Gasteiger partial charge in [0.25, 0.3) is 5.91 Å². The minimum absolute atomic E-state index is 0.272. The average molecular weight is 451 g/mol. The van der Waals surface area contributed by atoms with Gasteiger partial charge in [0.2, 0.25) is 0 Å². The molecule has 4 aromatic rings. The van der Waals surface area contributed by atoms with Crippen LogP contribution in [0.25, 0.3) is 27.8 Å². The fourth-order valence-electron chi connectivity index (χ4n) is 4.41. The van der Waals surface area contributed by atoms with Crippen molar-refractivity contribution in [1.29, 1.82) is 5.26 Å². The first-order valence-electron chi connectivity index (χ1n) is 10.9. The van der Waals surface area contributed by atoms with Crippen LogP contribution in [0.5, 0.6) is 0 Å². The molecule has 168 valence electrons. The van der Waals surface area contributed by atoms with Gasteiger partial charge in [0.05, 0.1) is 23.5 Å². The van der Waals surface area contributed by atoms with Crippen LogP contribution in [-0.2, 0) is 11.8 Å². The van der Waals surface area contributed by atoms with Gasteiger partial charge in [-0.25, -0.2) is 9.50 Å². The van der Waals surface area contributed by atoms with Gasteiger partial charge in [-0.05, 0) is 30.5 Å². The van der Waals surface area contributed by atoms with Gasteiger partial charge in [0.1, 0.15) is 11.9 Å². The second-order valence-corrected chi connectivity index (χ2v) is 8.30. The number of fused-ring (bicyclic) bond motifs is 1. The summed E-state index contributed by atoms with van der Waals surface area (Å²) in [5.41, 5.74) is 5.93. The lowest BCUT2D eigenvalue weighted by Gasteiger charge is -2.35. The van der Waals surface area contributed by atoms with Crippen molar-refractivity contribution in [3.63, 3.8) is 0 Å². The van der Waals surface area contributed by atoms with E-state index in [9.17, 15) is 10.1 Å². The Bertz CT molecular complexity index is 1490. The van der Waals surface area contributed by atoms with Crippen LogP contribution < -0.4 is 4.90 Å². The normalized spacial score (nSPS) is 13.6. The summed E-state index contributed by atoms with van der Waals surface area (Å²) in [5, 5.41) is 18.3. The zero-order chi connectivity index (χ0) is 23.8. The molecule has 0 N–H and O–H groups in total. The van der Waals surface area contributed by atoms with Crippen molar-refractivity contribution >= 4 is 17.2 Å². The van der Waals surface area contributed by atoms with Crippen molar-refractivity contribution in [1.82, 2.24) is 29.3 Å². The van der Waals surface area contributed by atoms with Crippen molar-refractivity contribution in [2.75, 3.05) is 31.1 Å². The fraction of sp³-hybridized carbons (Fsp3) is 0.240. The molecule has 5 heterocycles. The van der Waals surface area contributed by atoms with Crippen LogP contribution in [0.3, 0.4) is 0 Å². The Balaban J connectivity index is 1.53. The third kappa shape index (κ3) is 3.63. The van der Waals surface area contributed by atoms with Crippen LogP contribution >= 0.6 is 0 Å². The zero-order valence-corrected chi connectivity index (χ0v) is 18.9. The lowest BCUT2D eigenvalue weighted by atomic mass is 10.00. The number of rotatable bonds is 3. The van der Waals surface area contributed by atoms with E-state index in [2.05, 4.69) is 39.2 Å². The molecular formula is C25H22N8O. The molecule has 1 aliphatic rings. The minimum Gasteiger partial charge on any atom is -0.353 e. The Labute approximate surface area is 196 Å². The first-order chi connectivity index (χ1) is 16.5. The van der Waals surface area contributed by atoms with Crippen molar-refractivity contribution in [3.8, 4) is 40.7 Å². The lowest BCUT2D eigenvalue weighted by Crippen LogP contribution is -2.48. The highest BCUT2D eigenvalue weighted by molar-refractivity contribution is 5.93. The van der Waals surface area contributed by atoms with E-state index in [-0.39, 0.29) is 5.91 Å². The van der Waals surface area contributed by atoms with Crippen LogP contribution in [0.15, 0.2) is 43.1 Å². The van der Waals surface area contributed by atoms with Crippen LogP contribution in [0, 0.1) is 30.6 Å². The number of anilines is 1. The van der Waals surface area contributed by atoms with Crippen molar-refractivity contribution in [3.05, 3.63) is 54.2 Å². The van der Waals surface area contributed by atoms with Crippen LogP contribution in [0.1, 0.15) is 11.1 Å². The Kier molecular flexibility index (Phi) is 5.23. The molecule has 0 spiro atoms. The molecule has 0 aliphatic carbocycles. The molecule has 1 amide bonds. The van der Waals surface area contributed by atoms with Gasteiger partial charge in [-0.1, -0.05) is 0 Å². The number of amides is 1. The molecule has 0 radical (unpaired) electrons. The number of carbonyl (C=O) groups is 1. The summed E-state index contributed by atoms with van der Waals surface area (Å²) in [6, 6.07) is 6.38. The number of hydrogen-bond acceptors (Lipinski definition) is 6. The molecule has 34 heavy (non-hydrogen) atoms. The van der Waals surface area contributed by atoms with E-state index in [0.29, 0.717) is 31.7 Å². The van der Waals surface area contributed by atoms with Crippen molar-refractivity contribution < 1.29 is 4.79 Å². The molecule has 0 atom stereocenters. The number of aromatic nitrogens is 5.